The van der Waals surface area contributed by atoms with Gasteiger partial charge in [0.1, 0.15) is 6.10 Å². The summed E-state index contributed by atoms with van der Waals surface area (Å²) in [7, 11) is 0. The third-order valence-corrected chi connectivity index (χ3v) is 1.80. The summed E-state index contributed by atoms with van der Waals surface area (Å²) in [5.41, 5.74) is 0. The van der Waals surface area contributed by atoms with Gasteiger partial charge >= 0.3 is 0 Å². The summed E-state index contributed by atoms with van der Waals surface area (Å²) >= 11 is 5.47. The van der Waals surface area contributed by atoms with Crippen LogP contribution in [0.4, 0.5) is 0 Å². The zero-order valence-electron chi connectivity index (χ0n) is 7.65. The van der Waals surface area contributed by atoms with E-state index < -0.39 is 6.10 Å². The number of halogens is 1. The van der Waals surface area contributed by atoms with Crippen LogP contribution in [0.2, 0.25) is 0 Å². The summed E-state index contributed by atoms with van der Waals surface area (Å²) in [6.45, 7) is 2.10. The van der Waals surface area contributed by atoms with Gasteiger partial charge in [-0.25, -0.2) is 0 Å². The predicted molar refractivity (Wildman–Crippen MR) is 53.3 cm³/mol. The molecule has 0 aliphatic heterocycles. The Morgan fingerprint density at radius 1 is 1.42 bits per heavy atom. The van der Waals surface area contributed by atoms with Gasteiger partial charge in [0.25, 0.3) is 0 Å². The minimum Gasteiger partial charge on any atom is -0.380 e. The molecule has 0 rings (SSSR count). The lowest BCUT2D eigenvalue weighted by molar-refractivity contribution is 0.218. The topological polar surface area (TPSA) is 20.2 Å². The molecule has 0 fully saturated rings. The maximum Gasteiger partial charge on any atom is 0.114 e. The third kappa shape index (κ3) is 7.91. The van der Waals surface area contributed by atoms with Crippen LogP contribution in [0.5, 0.6) is 0 Å². The highest BCUT2D eigenvalue weighted by Gasteiger charge is 1.95. The van der Waals surface area contributed by atoms with Gasteiger partial charge in [-0.15, -0.1) is 17.5 Å². The first-order chi connectivity index (χ1) is 5.81. The number of alkyl halides is 1. The van der Waals surface area contributed by atoms with E-state index in [0.717, 1.165) is 32.1 Å². The Hall–Kier alpha value is -0.190. The summed E-state index contributed by atoms with van der Waals surface area (Å²) in [5, 5.41) is 9.27. The molecule has 0 aromatic rings. The van der Waals surface area contributed by atoms with Crippen LogP contribution in [0.1, 0.15) is 39.0 Å². The van der Waals surface area contributed by atoms with Gasteiger partial charge in [-0.3, -0.25) is 0 Å². The highest BCUT2D eigenvalue weighted by atomic mass is 35.5. The van der Waals surface area contributed by atoms with Crippen LogP contribution in [0, 0.1) is 11.8 Å². The third-order valence-electron chi connectivity index (χ3n) is 1.54. The Morgan fingerprint density at radius 2 is 2.17 bits per heavy atom. The van der Waals surface area contributed by atoms with Crippen LogP contribution in [-0.2, 0) is 0 Å². The molecule has 1 nitrogen and oxygen atoms in total. The van der Waals surface area contributed by atoms with Crippen molar-refractivity contribution < 1.29 is 5.11 Å². The summed E-state index contributed by atoms with van der Waals surface area (Å²) in [5.74, 6) is 6.36. The minimum absolute atomic E-state index is 0.430. The second-order valence-electron chi connectivity index (χ2n) is 2.77. The molecule has 1 N–H and O–H groups in total. The number of rotatable bonds is 5. The van der Waals surface area contributed by atoms with E-state index in [2.05, 4.69) is 18.8 Å². The van der Waals surface area contributed by atoms with E-state index in [1.807, 2.05) is 0 Å². The van der Waals surface area contributed by atoms with Crippen LogP contribution < -0.4 is 0 Å². The Balaban J connectivity index is 3.36. The SMILES string of the molecule is CCCC[C@@H](O)C#CCCCCl. The smallest absolute Gasteiger partial charge is 0.114 e. The zero-order valence-corrected chi connectivity index (χ0v) is 8.40. The Bertz CT molecular complexity index is 146. The predicted octanol–water partition coefficient (Wildman–Crippen LogP) is 2.56. The normalized spacial score (nSPS) is 11.9. The lowest BCUT2D eigenvalue weighted by atomic mass is 10.1. The number of hydrogen-bond acceptors (Lipinski definition) is 1. The molecule has 2 heteroatoms. The first-order valence-electron chi connectivity index (χ1n) is 4.53. The molecule has 0 bridgehead atoms. The summed E-state index contributed by atoms with van der Waals surface area (Å²) in [4.78, 5) is 0. The molecule has 0 heterocycles. The fourth-order valence-electron chi connectivity index (χ4n) is 0.815. The van der Waals surface area contributed by atoms with Gasteiger partial charge < -0.3 is 5.11 Å². The number of unbranched alkanes of at least 4 members (excludes halogenated alkanes) is 2. The van der Waals surface area contributed by atoms with Gasteiger partial charge in [0.15, 0.2) is 0 Å². The van der Waals surface area contributed by atoms with Crippen molar-refractivity contribution in [2.75, 3.05) is 5.88 Å². The van der Waals surface area contributed by atoms with Crippen molar-refractivity contribution in [1.29, 1.82) is 0 Å². The Kier molecular flexibility index (Phi) is 8.76. The second-order valence-corrected chi connectivity index (χ2v) is 3.15. The van der Waals surface area contributed by atoms with Crippen molar-refractivity contribution in [3.8, 4) is 11.8 Å². The fraction of sp³-hybridized carbons (Fsp3) is 0.800. The molecule has 1 atom stereocenters. The molecule has 0 amide bonds. The van der Waals surface area contributed by atoms with Gasteiger partial charge in [0.05, 0.1) is 0 Å². The molecular formula is C10H17ClO. The van der Waals surface area contributed by atoms with E-state index in [1.54, 1.807) is 0 Å². The number of aliphatic hydroxyl groups excluding tert-OH is 1. The van der Waals surface area contributed by atoms with Gasteiger partial charge in [-0.2, -0.15) is 0 Å². The molecular weight excluding hydrogens is 172 g/mol. The lowest BCUT2D eigenvalue weighted by Crippen LogP contribution is -2.01. The van der Waals surface area contributed by atoms with E-state index >= 15 is 0 Å². The molecule has 0 saturated heterocycles. The largest absolute Gasteiger partial charge is 0.380 e. The first-order valence-corrected chi connectivity index (χ1v) is 5.07. The standard InChI is InChI=1S/C10H17ClO/c1-2-3-7-10(12)8-5-4-6-9-11/h10,12H,2-4,6-7,9H2,1H3/t10-/m1/s1. The maximum absolute atomic E-state index is 9.27. The zero-order chi connectivity index (χ0) is 9.23. The monoisotopic (exact) mass is 188 g/mol. The number of aliphatic hydroxyl groups is 1. The summed E-state index contributed by atoms with van der Waals surface area (Å²) < 4.78 is 0. The van der Waals surface area contributed by atoms with E-state index in [-0.39, 0.29) is 0 Å². The highest BCUT2D eigenvalue weighted by molar-refractivity contribution is 6.17. The Morgan fingerprint density at radius 3 is 2.75 bits per heavy atom. The van der Waals surface area contributed by atoms with Crippen molar-refractivity contribution in [3.05, 3.63) is 0 Å². The minimum atomic E-state index is -0.430. The second kappa shape index (κ2) is 8.90. The van der Waals surface area contributed by atoms with Gasteiger partial charge in [-0.05, 0) is 12.8 Å². The molecule has 12 heavy (non-hydrogen) atoms. The van der Waals surface area contributed by atoms with Crippen molar-refractivity contribution >= 4 is 11.6 Å². The van der Waals surface area contributed by atoms with Crippen molar-refractivity contribution in [1.82, 2.24) is 0 Å². The lowest BCUT2D eigenvalue weighted by Gasteiger charge is -1.99. The van der Waals surface area contributed by atoms with Crippen LogP contribution in [0.15, 0.2) is 0 Å². The maximum atomic E-state index is 9.27. The molecule has 0 aliphatic rings. The Labute approximate surface area is 80.1 Å². The van der Waals surface area contributed by atoms with Crippen LogP contribution in [0.25, 0.3) is 0 Å². The van der Waals surface area contributed by atoms with Crippen LogP contribution >= 0.6 is 11.6 Å². The van der Waals surface area contributed by atoms with Crippen molar-refractivity contribution in [2.24, 2.45) is 0 Å². The first kappa shape index (κ1) is 11.8. The average Bonchev–Trinajstić information content (AvgIpc) is 2.09. The molecule has 70 valence electrons. The molecule has 0 aliphatic carbocycles. The van der Waals surface area contributed by atoms with Crippen molar-refractivity contribution in [3.63, 3.8) is 0 Å². The van der Waals surface area contributed by atoms with Crippen molar-refractivity contribution in [2.45, 2.75) is 45.1 Å². The number of hydrogen-bond donors (Lipinski definition) is 1. The van der Waals surface area contributed by atoms with E-state index in [4.69, 9.17) is 11.6 Å². The molecule has 0 saturated carbocycles. The highest BCUT2D eigenvalue weighted by Crippen LogP contribution is 1.99. The average molecular weight is 189 g/mol. The molecule has 0 aromatic carbocycles. The van der Waals surface area contributed by atoms with E-state index in [9.17, 15) is 5.11 Å². The van der Waals surface area contributed by atoms with Gasteiger partial charge in [0, 0.05) is 12.3 Å². The fourth-order valence-corrected chi connectivity index (χ4v) is 0.948. The van der Waals surface area contributed by atoms with Gasteiger partial charge in [-0.1, -0.05) is 25.7 Å². The molecule has 0 unspecified atom stereocenters. The molecule has 0 radical (unpaired) electrons. The molecule has 0 spiro atoms. The quantitative estimate of drug-likeness (QED) is 0.400. The van der Waals surface area contributed by atoms with E-state index in [1.165, 1.54) is 0 Å². The summed E-state index contributed by atoms with van der Waals surface area (Å²) in [6, 6.07) is 0. The molecule has 0 aromatic heterocycles. The van der Waals surface area contributed by atoms with Crippen LogP contribution in [0.3, 0.4) is 0 Å². The van der Waals surface area contributed by atoms with Gasteiger partial charge in [0.2, 0.25) is 0 Å². The summed E-state index contributed by atoms with van der Waals surface area (Å²) in [6.07, 6.45) is 4.23. The van der Waals surface area contributed by atoms with E-state index in [0.29, 0.717) is 5.88 Å². The van der Waals surface area contributed by atoms with Crippen LogP contribution in [-0.4, -0.2) is 17.1 Å².